The zero-order chi connectivity index (χ0) is 14.8. The van der Waals surface area contributed by atoms with Crippen molar-refractivity contribution in [1.82, 2.24) is 10.2 Å². The Bertz CT molecular complexity index is 508. The van der Waals surface area contributed by atoms with Crippen LogP contribution in [0.3, 0.4) is 0 Å². The van der Waals surface area contributed by atoms with E-state index in [4.69, 9.17) is 16.3 Å². The second-order valence-electron chi connectivity index (χ2n) is 5.55. The standard InChI is InChI=1S/C15H19ClN2O3/c16-11-3-1-10(2-4-11)14-9-18(5-6-21-14)15(20)13-7-12(19)8-17-13/h1-4,12-14,17,19H,5-9H2. The Kier molecular flexibility index (Phi) is 4.45. The van der Waals surface area contributed by atoms with Crippen LogP contribution in [0.2, 0.25) is 5.02 Å². The van der Waals surface area contributed by atoms with Gasteiger partial charge in [0.05, 0.1) is 25.3 Å². The minimum Gasteiger partial charge on any atom is -0.392 e. The molecule has 3 rings (SSSR count). The minimum absolute atomic E-state index is 0.0498. The third-order valence-electron chi connectivity index (χ3n) is 4.03. The smallest absolute Gasteiger partial charge is 0.239 e. The van der Waals surface area contributed by atoms with Crippen LogP contribution in [0.25, 0.3) is 0 Å². The molecule has 114 valence electrons. The molecule has 1 aromatic rings. The molecule has 1 amide bonds. The van der Waals surface area contributed by atoms with Crippen molar-refractivity contribution < 1.29 is 14.6 Å². The molecule has 0 aromatic heterocycles. The van der Waals surface area contributed by atoms with Crippen LogP contribution in [0.15, 0.2) is 24.3 Å². The molecule has 21 heavy (non-hydrogen) atoms. The van der Waals surface area contributed by atoms with Gasteiger partial charge in [-0.25, -0.2) is 0 Å². The first kappa shape index (κ1) is 14.8. The van der Waals surface area contributed by atoms with Crippen LogP contribution >= 0.6 is 11.6 Å². The monoisotopic (exact) mass is 310 g/mol. The van der Waals surface area contributed by atoms with Crippen LogP contribution < -0.4 is 5.32 Å². The predicted octanol–water partition coefficient (Wildman–Crippen LogP) is 0.963. The highest BCUT2D eigenvalue weighted by molar-refractivity contribution is 6.30. The number of β-amino-alcohol motifs (C(OH)–C–C–N with tert-alkyl or cyclic N) is 1. The Morgan fingerprint density at radius 1 is 1.38 bits per heavy atom. The fraction of sp³-hybridized carbons (Fsp3) is 0.533. The van der Waals surface area contributed by atoms with Gasteiger partial charge in [-0.05, 0) is 24.1 Å². The van der Waals surface area contributed by atoms with E-state index in [0.29, 0.717) is 37.7 Å². The van der Waals surface area contributed by atoms with Crippen LogP contribution in [0.4, 0.5) is 0 Å². The topological polar surface area (TPSA) is 61.8 Å². The van der Waals surface area contributed by atoms with E-state index < -0.39 is 6.10 Å². The largest absolute Gasteiger partial charge is 0.392 e. The quantitative estimate of drug-likeness (QED) is 0.854. The van der Waals surface area contributed by atoms with Crippen molar-refractivity contribution in [2.45, 2.75) is 24.7 Å². The molecule has 2 fully saturated rings. The first-order chi connectivity index (χ1) is 10.1. The molecule has 0 radical (unpaired) electrons. The van der Waals surface area contributed by atoms with Crippen molar-refractivity contribution in [3.05, 3.63) is 34.9 Å². The number of hydrogen-bond acceptors (Lipinski definition) is 4. The molecule has 3 unspecified atom stereocenters. The first-order valence-electron chi connectivity index (χ1n) is 7.21. The summed E-state index contributed by atoms with van der Waals surface area (Å²) >= 11 is 5.89. The van der Waals surface area contributed by atoms with Crippen molar-refractivity contribution >= 4 is 17.5 Å². The van der Waals surface area contributed by atoms with Crippen molar-refractivity contribution in [2.24, 2.45) is 0 Å². The number of amides is 1. The minimum atomic E-state index is -0.424. The summed E-state index contributed by atoms with van der Waals surface area (Å²) in [6.07, 6.45) is -0.0553. The predicted molar refractivity (Wildman–Crippen MR) is 79.1 cm³/mol. The van der Waals surface area contributed by atoms with E-state index in [1.807, 2.05) is 29.2 Å². The van der Waals surface area contributed by atoms with E-state index in [1.165, 1.54) is 0 Å². The van der Waals surface area contributed by atoms with Gasteiger partial charge in [-0.3, -0.25) is 4.79 Å². The third kappa shape index (κ3) is 3.37. The SMILES string of the molecule is O=C(C1CC(O)CN1)N1CCOC(c2ccc(Cl)cc2)C1. The van der Waals surface area contributed by atoms with Crippen LogP contribution in [-0.2, 0) is 9.53 Å². The number of aliphatic hydroxyl groups is 1. The van der Waals surface area contributed by atoms with Gasteiger partial charge < -0.3 is 20.1 Å². The number of aliphatic hydroxyl groups excluding tert-OH is 1. The number of carbonyl (C=O) groups is 1. The van der Waals surface area contributed by atoms with Gasteiger partial charge in [-0.1, -0.05) is 23.7 Å². The maximum absolute atomic E-state index is 12.5. The fourth-order valence-electron chi connectivity index (χ4n) is 2.85. The maximum Gasteiger partial charge on any atom is 0.239 e. The lowest BCUT2D eigenvalue weighted by Crippen LogP contribution is -2.49. The van der Waals surface area contributed by atoms with Gasteiger partial charge in [-0.2, -0.15) is 0 Å². The summed E-state index contributed by atoms with van der Waals surface area (Å²) in [5.41, 5.74) is 1.02. The fourth-order valence-corrected chi connectivity index (χ4v) is 2.98. The summed E-state index contributed by atoms with van der Waals surface area (Å²) in [4.78, 5) is 14.3. The molecule has 2 heterocycles. The molecule has 0 aliphatic carbocycles. The summed E-state index contributed by atoms with van der Waals surface area (Å²) < 4.78 is 5.76. The highest BCUT2D eigenvalue weighted by Crippen LogP contribution is 2.24. The van der Waals surface area contributed by atoms with Gasteiger partial charge in [-0.15, -0.1) is 0 Å². The zero-order valence-corrected chi connectivity index (χ0v) is 12.4. The average molecular weight is 311 g/mol. The number of rotatable bonds is 2. The summed E-state index contributed by atoms with van der Waals surface area (Å²) in [5, 5.41) is 13.3. The van der Waals surface area contributed by atoms with Crippen LogP contribution in [0.5, 0.6) is 0 Å². The van der Waals surface area contributed by atoms with E-state index >= 15 is 0 Å². The molecule has 2 N–H and O–H groups in total. The number of morpholine rings is 1. The normalized spacial score (nSPS) is 29.6. The van der Waals surface area contributed by atoms with Crippen molar-refractivity contribution in [3.8, 4) is 0 Å². The van der Waals surface area contributed by atoms with E-state index in [1.54, 1.807) is 0 Å². The number of benzene rings is 1. The summed E-state index contributed by atoms with van der Waals surface area (Å²) in [6.45, 7) is 2.14. The molecule has 2 saturated heterocycles. The van der Waals surface area contributed by atoms with E-state index in [-0.39, 0.29) is 18.1 Å². The van der Waals surface area contributed by atoms with E-state index in [0.717, 1.165) is 5.56 Å². The molecular weight excluding hydrogens is 292 g/mol. The molecule has 2 aliphatic heterocycles. The highest BCUT2D eigenvalue weighted by Gasteiger charge is 2.34. The lowest BCUT2D eigenvalue weighted by atomic mass is 10.1. The summed E-state index contributed by atoms with van der Waals surface area (Å²) in [5.74, 6) is 0.0498. The number of hydrogen-bond donors (Lipinski definition) is 2. The third-order valence-corrected chi connectivity index (χ3v) is 4.28. The Hall–Kier alpha value is -1.14. The summed E-state index contributed by atoms with van der Waals surface area (Å²) in [7, 11) is 0. The highest BCUT2D eigenvalue weighted by atomic mass is 35.5. The van der Waals surface area contributed by atoms with Crippen LogP contribution in [0.1, 0.15) is 18.1 Å². The number of halogens is 1. The average Bonchev–Trinajstić information content (AvgIpc) is 2.94. The summed E-state index contributed by atoms with van der Waals surface area (Å²) in [6, 6.07) is 7.24. The van der Waals surface area contributed by atoms with Crippen LogP contribution in [-0.4, -0.2) is 54.3 Å². The van der Waals surface area contributed by atoms with Gasteiger partial charge in [0, 0.05) is 18.1 Å². The Labute approximate surface area is 128 Å². The van der Waals surface area contributed by atoms with Gasteiger partial charge in [0.25, 0.3) is 0 Å². The molecule has 0 bridgehead atoms. The number of nitrogens with one attached hydrogen (secondary N) is 1. The first-order valence-corrected chi connectivity index (χ1v) is 7.58. The van der Waals surface area contributed by atoms with Crippen molar-refractivity contribution in [2.75, 3.05) is 26.2 Å². The van der Waals surface area contributed by atoms with Gasteiger partial charge in [0.2, 0.25) is 5.91 Å². The Balaban J connectivity index is 1.65. The number of nitrogens with zero attached hydrogens (tertiary/aromatic N) is 1. The molecule has 1 aromatic carbocycles. The Morgan fingerprint density at radius 2 is 2.14 bits per heavy atom. The van der Waals surface area contributed by atoms with E-state index in [2.05, 4.69) is 5.32 Å². The number of carbonyl (C=O) groups excluding carboxylic acids is 1. The lowest BCUT2D eigenvalue weighted by Gasteiger charge is -2.34. The molecule has 5 nitrogen and oxygen atoms in total. The van der Waals surface area contributed by atoms with Gasteiger partial charge in [0.1, 0.15) is 6.10 Å². The molecule has 0 saturated carbocycles. The zero-order valence-electron chi connectivity index (χ0n) is 11.7. The second kappa shape index (κ2) is 6.32. The van der Waals surface area contributed by atoms with Crippen molar-refractivity contribution in [3.63, 3.8) is 0 Å². The Morgan fingerprint density at radius 3 is 2.81 bits per heavy atom. The molecular formula is C15H19ClN2O3. The molecule has 0 spiro atoms. The molecule has 2 aliphatic rings. The second-order valence-corrected chi connectivity index (χ2v) is 5.98. The molecule has 6 heteroatoms. The number of ether oxygens (including phenoxy) is 1. The maximum atomic E-state index is 12.5. The van der Waals surface area contributed by atoms with Gasteiger partial charge in [0.15, 0.2) is 0 Å². The van der Waals surface area contributed by atoms with Gasteiger partial charge >= 0.3 is 0 Å². The van der Waals surface area contributed by atoms with Crippen LogP contribution in [0, 0.1) is 0 Å². The van der Waals surface area contributed by atoms with Crippen molar-refractivity contribution in [1.29, 1.82) is 0 Å². The lowest BCUT2D eigenvalue weighted by molar-refractivity contribution is -0.141. The van der Waals surface area contributed by atoms with E-state index in [9.17, 15) is 9.90 Å². The molecule has 3 atom stereocenters.